The summed E-state index contributed by atoms with van der Waals surface area (Å²) in [4.78, 5) is 12.5. The Morgan fingerprint density at radius 2 is 1.68 bits per heavy atom. The fraction of sp³-hybridized carbons (Fsp3) is 0.929. The predicted molar refractivity (Wildman–Crippen MR) is 73.7 cm³/mol. The summed E-state index contributed by atoms with van der Waals surface area (Å²) < 4.78 is 0. The summed E-state index contributed by atoms with van der Waals surface area (Å²) >= 11 is 0. The molecular weight excluding hydrogens is 242 g/mol. The van der Waals surface area contributed by atoms with Gasteiger partial charge < -0.3 is 15.8 Å². The molecule has 0 aromatic rings. The van der Waals surface area contributed by atoms with E-state index < -0.39 is 5.54 Å². The molecule has 0 bridgehead atoms. The van der Waals surface area contributed by atoms with E-state index in [4.69, 9.17) is 0 Å². The van der Waals surface area contributed by atoms with E-state index in [0.717, 1.165) is 0 Å². The van der Waals surface area contributed by atoms with Crippen LogP contribution in [0.5, 0.6) is 0 Å². The number of piperidine rings is 1. The van der Waals surface area contributed by atoms with Crippen molar-refractivity contribution in [1.82, 2.24) is 15.7 Å². The lowest BCUT2D eigenvalue weighted by atomic mass is 9.70. The molecule has 0 aromatic heterocycles. The number of carbonyl (C=O) groups is 1. The number of hydrogen-bond acceptors (Lipinski definition) is 4. The maximum absolute atomic E-state index is 12.5. The highest BCUT2D eigenvalue weighted by molar-refractivity contribution is 5.89. The average molecular weight is 269 g/mol. The summed E-state index contributed by atoms with van der Waals surface area (Å²) in [7, 11) is 0. The molecule has 3 N–H and O–H groups in total. The third-order valence-electron chi connectivity index (χ3n) is 4.18. The van der Waals surface area contributed by atoms with E-state index in [1.165, 1.54) is 5.06 Å². The SMILES string of the molecule is CC(C)C1NC(=O)C2(CC(C)(C)NC(C)(C)C2)N1O. The Kier molecular flexibility index (Phi) is 3.24. The molecule has 0 radical (unpaired) electrons. The first kappa shape index (κ1) is 14.8. The number of nitrogens with zero attached hydrogens (tertiary/aromatic N) is 1. The first-order valence-corrected chi connectivity index (χ1v) is 7.08. The Morgan fingerprint density at radius 1 is 1.21 bits per heavy atom. The Morgan fingerprint density at radius 3 is 2.05 bits per heavy atom. The van der Waals surface area contributed by atoms with Gasteiger partial charge in [0.15, 0.2) is 0 Å². The lowest BCUT2D eigenvalue weighted by Crippen LogP contribution is -2.68. The van der Waals surface area contributed by atoms with Crippen LogP contribution in [0.2, 0.25) is 0 Å². The first-order valence-electron chi connectivity index (χ1n) is 7.08. The van der Waals surface area contributed by atoms with Crippen molar-refractivity contribution >= 4 is 5.91 Å². The highest BCUT2D eigenvalue weighted by atomic mass is 16.5. The zero-order chi connectivity index (χ0) is 14.6. The van der Waals surface area contributed by atoms with Gasteiger partial charge in [0.2, 0.25) is 5.91 Å². The minimum Gasteiger partial charge on any atom is -0.337 e. The van der Waals surface area contributed by atoms with E-state index in [9.17, 15) is 10.0 Å². The number of carbonyl (C=O) groups excluding carboxylic acids is 1. The topological polar surface area (TPSA) is 64.6 Å². The highest BCUT2D eigenvalue weighted by Gasteiger charge is 2.60. The Hall–Kier alpha value is -0.650. The standard InChI is InChI=1S/C14H27N3O2/c1-9(2)10-15-11(18)14(17(10)19)7-12(3,4)16-13(5,6)8-14/h9-10,16,19H,7-8H2,1-6H3,(H,15,18). The highest BCUT2D eigenvalue weighted by Crippen LogP contribution is 2.43. The summed E-state index contributed by atoms with van der Waals surface area (Å²) in [6, 6.07) is 0. The first-order chi connectivity index (χ1) is 8.49. The van der Waals surface area contributed by atoms with Crippen LogP contribution in [0.25, 0.3) is 0 Å². The summed E-state index contributed by atoms with van der Waals surface area (Å²) in [6.45, 7) is 12.3. The van der Waals surface area contributed by atoms with Gasteiger partial charge in [-0.15, -0.1) is 0 Å². The maximum atomic E-state index is 12.5. The van der Waals surface area contributed by atoms with Crippen LogP contribution in [0, 0.1) is 5.92 Å². The minimum absolute atomic E-state index is 0.0450. The molecule has 110 valence electrons. The molecule has 2 aliphatic heterocycles. The Bertz CT molecular complexity index is 374. The molecule has 2 heterocycles. The lowest BCUT2D eigenvalue weighted by molar-refractivity contribution is -0.206. The molecule has 1 unspecified atom stereocenters. The zero-order valence-corrected chi connectivity index (χ0v) is 12.9. The fourth-order valence-corrected chi connectivity index (χ4v) is 4.00. The van der Waals surface area contributed by atoms with Gasteiger partial charge in [-0.25, -0.2) is 0 Å². The molecule has 0 aliphatic carbocycles. The number of nitrogens with one attached hydrogen (secondary N) is 2. The van der Waals surface area contributed by atoms with Gasteiger partial charge in [0.1, 0.15) is 11.7 Å². The molecule has 1 spiro atoms. The largest absolute Gasteiger partial charge is 0.337 e. The van der Waals surface area contributed by atoms with Crippen LogP contribution in [-0.2, 0) is 4.79 Å². The molecule has 5 heteroatoms. The van der Waals surface area contributed by atoms with Crippen molar-refractivity contribution in [3.8, 4) is 0 Å². The molecule has 1 amide bonds. The van der Waals surface area contributed by atoms with Gasteiger partial charge in [-0.05, 0) is 46.5 Å². The van der Waals surface area contributed by atoms with E-state index in [2.05, 4.69) is 38.3 Å². The van der Waals surface area contributed by atoms with Crippen LogP contribution in [0.15, 0.2) is 0 Å². The van der Waals surface area contributed by atoms with Crippen LogP contribution in [-0.4, -0.2) is 39.0 Å². The van der Waals surface area contributed by atoms with Gasteiger partial charge >= 0.3 is 0 Å². The molecular formula is C14H27N3O2. The molecule has 0 aromatic carbocycles. The van der Waals surface area contributed by atoms with E-state index >= 15 is 0 Å². The van der Waals surface area contributed by atoms with E-state index in [1.807, 2.05) is 13.8 Å². The quantitative estimate of drug-likeness (QED) is 0.674. The second-order valence-corrected chi connectivity index (χ2v) is 7.78. The predicted octanol–water partition coefficient (Wildman–Crippen LogP) is 1.47. The van der Waals surface area contributed by atoms with E-state index in [0.29, 0.717) is 12.8 Å². The summed E-state index contributed by atoms with van der Waals surface area (Å²) in [5.74, 6) is 0.130. The van der Waals surface area contributed by atoms with Crippen molar-refractivity contribution in [3.63, 3.8) is 0 Å². The van der Waals surface area contributed by atoms with Gasteiger partial charge in [0.05, 0.1) is 0 Å². The van der Waals surface area contributed by atoms with Crippen molar-refractivity contribution in [2.75, 3.05) is 0 Å². The monoisotopic (exact) mass is 269 g/mol. The van der Waals surface area contributed by atoms with Gasteiger partial charge in [0.25, 0.3) is 0 Å². The van der Waals surface area contributed by atoms with E-state index in [-0.39, 0.29) is 29.1 Å². The van der Waals surface area contributed by atoms with Crippen LogP contribution in [0.3, 0.4) is 0 Å². The lowest BCUT2D eigenvalue weighted by Gasteiger charge is -2.52. The maximum Gasteiger partial charge on any atom is 0.244 e. The van der Waals surface area contributed by atoms with Gasteiger partial charge in [0, 0.05) is 11.1 Å². The molecule has 2 rings (SSSR count). The molecule has 19 heavy (non-hydrogen) atoms. The van der Waals surface area contributed by atoms with E-state index in [1.54, 1.807) is 0 Å². The normalized spacial score (nSPS) is 32.8. The molecule has 5 nitrogen and oxygen atoms in total. The number of hydroxylamine groups is 2. The van der Waals surface area contributed by atoms with Crippen molar-refractivity contribution in [2.45, 2.75) is 77.2 Å². The summed E-state index contributed by atoms with van der Waals surface area (Å²) in [5.41, 5.74) is -1.19. The number of rotatable bonds is 1. The average Bonchev–Trinajstić information content (AvgIpc) is 2.38. The summed E-state index contributed by atoms with van der Waals surface area (Å²) in [5, 5.41) is 18.4. The van der Waals surface area contributed by atoms with Crippen LogP contribution in [0.1, 0.15) is 54.4 Å². The van der Waals surface area contributed by atoms with Crippen LogP contribution in [0.4, 0.5) is 0 Å². The van der Waals surface area contributed by atoms with Crippen molar-refractivity contribution < 1.29 is 10.0 Å². The summed E-state index contributed by atoms with van der Waals surface area (Å²) in [6.07, 6.45) is 0.918. The minimum atomic E-state index is -0.812. The van der Waals surface area contributed by atoms with Crippen molar-refractivity contribution in [2.24, 2.45) is 5.92 Å². The van der Waals surface area contributed by atoms with Crippen molar-refractivity contribution in [1.29, 1.82) is 0 Å². The molecule has 1 atom stereocenters. The second kappa shape index (κ2) is 4.17. The third kappa shape index (κ3) is 2.39. The second-order valence-electron chi connectivity index (χ2n) is 7.78. The molecule has 0 saturated carbocycles. The molecule has 2 fully saturated rings. The van der Waals surface area contributed by atoms with Crippen LogP contribution < -0.4 is 10.6 Å². The van der Waals surface area contributed by atoms with Gasteiger partial charge in [-0.2, -0.15) is 5.06 Å². The fourth-order valence-electron chi connectivity index (χ4n) is 4.00. The van der Waals surface area contributed by atoms with Crippen molar-refractivity contribution in [3.05, 3.63) is 0 Å². The smallest absolute Gasteiger partial charge is 0.244 e. The number of amides is 1. The molecule has 2 saturated heterocycles. The molecule has 2 aliphatic rings. The third-order valence-corrected chi connectivity index (χ3v) is 4.18. The Labute approximate surface area is 115 Å². The zero-order valence-electron chi connectivity index (χ0n) is 12.9. The van der Waals surface area contributed by atoms with Crippen LogP contribution >= 0.6 is 0 Å². The number of hydrogen-bond donors (Lipinski definition) is 3. The van der Waals surface area contributed by atoms with Gasteiger partial charge in [-0.1, -0.05) is 13.8 Å². The Balaban J connectivity index is 2.38. The van der Waals surface area contributed by atoms with Gasteiger partial charge in [-0.3, -0.25) is 4.79 Å².